The number of hydrogen-bond acceptors (Lipinski definition) is 1. The van der Waals surface area contributed by atoms with Gasteiger partial charge in [-0.15, -0.1) is 11.6 Å². The lowest BCUT2D eigenvalue weighted by atomic mass is 10.1. The number of rotatable bonds is 2. The van der Waals surface area contributed by atoms with Gasteiger partial charge >= 0.3 is 0 Å². The normalized spacial score (nSPS) is 10.3. The minimum absolute atomic E-state index is 0.291. The average Bonchev–Trinajstić information content (AvgIpc) is 2.29. The summed E-state index contributed by atoms with van der Waals surface area (Å²) in [4.78, 5) is 3.83. The summed E-state index contributed by atoms with van der Waals surface area (Å²) in [6.45, 7) is 0. The SMILES string of the molecule is Fc1cc(CCl)cc(-c2ccccc2)n1. The third-order valence-electron chi connectivity index (χ3n) is 2.08. The molecule has 0 bridgehead atoms. The Labute approximate surface area is 92.5 Å². The zero-order valence-electron chi connectivity index (χ0n) is 7.95. The van der Waals surface area contributed by atoms with Crippen molar-refractivity contribution in [1.29, 1.82) is 0 Å². The first-order valence-electron chi connectivity index (χ1n) is 4.57. The van der Waals surface area contributed by atoms with Gasteiger partial charge in [-0.3, -0.25) is 0 Å². The van der Waals surface area contributed by atoms with Crippen LogP contribution in [-0.2, 0) is 5.88 Å². The fraction of sp³-hybridized carbons (Fsp3) is 0.0833. The molecule has 0 aliphatic heterocycles. The van der Waals surface area contributed by atoms with E-state index in [0.717, 1.165) is 11.1 Å². The van der Waals surface area contributed by atoms with Gasteiger partial charge in [0.15, 0.2) is 0 Å². The summed E-state index contributed by atoms with van der Waals surface area (Å²) < 4.78 is 13.1. The minimum Gasteiger partial charge on any atom is -0.220 e. The van der Waals surface area contributed by atoms with Crippen molar-refractivity contribution in [3.8, 4) is 11.3 Å². The smallest absolute Gasteiger partial charge is 0.213 e. The van der Waals surface area contributed by atoms with Crippen LogP contribution in [0, 0.1) is 5.95 Å². The van der Waals surface area contributed by atoms with Gasteiger partial charge in [-0.1, -0.05) is 30.3 Å². The number of nitrogens with zero attached hydrogens (tertiary/aromatic N) is 1. The summed E-state index contributed by atoms with van der Waals surface area (Å²) in [5, 5.41) is 0. The molecule has 0 aliphatic carbocycles. The molecule has 76 valence electrons. The van der Waals surface area contributed by atoms with Crippen LogP contribution in [0.15, 0.2) is 42.5 Å². The molecule has 0 aliphatic rings. The zero-order chi connectivity index (χ0) is 10.7. The van der Waals surface area contributed by atoms with Crippen LogP contribution in [0.25, 0.3) is 11.3 Å². The molecule has 1 nitrogen and oxygen atoms in total. The van der Waals surface area contributed by atoms with Gasteiger partial charge in [0.05, 0.1) is 5.69 Å². The Kier molecular flexibility index (Phi) is 2.97. The van der Waals surface area contributed by atoms with Crippen molar-refractivity contribution in [3.63, 3.8) is 0 Å². The zero-order valence-corrected chi connectivity index (χ0v) is 8.71. The molecular formula is C12H9ClFN. The van der Waals surface area contributed by atoms with Crippen molar-refractivity contribution in [1.82, 2.24) is 4.98 Å². The molecule has 1 aromatic carbocycles. The highest BCUT2D eigenvalue weighted by Crippen LogP contribution is 2.19. The van der Waals surface area contributed by atoms with Crippen molar-refractivity contribution in [2.45, 2.75) is 5.88 Å². The van der Waals surface area contributed by atoms with Gasteiger partial charge in [-0.25, -0.2) is 4.98 Å². The van der Waals surface area contributed by atoms with Crippen molar-refractivity contribution in [2.75, 3.05) is 0 Å². The largest absolute Gasteiger partial charge is 0.220 e. The lowest BCUT2D eigenvalue weighted by Crippen LogP contribution is -1.91. The lowest BCUT2D eigenvalue weighted by molar-refractivity contribution is 0.584. The minimum atomic E-state index is -0.494. The molecule has 2 aromatic rings. The van der Waals surface area contributed by atoms with Crippen molar-refractivity contribution in [2.24, 2.45) is 0 Å². The van der Waals surface area contributed by atoms with Crippen LogP contribution in [0.4, 0.5) is 4.39 Å². The maximum Gasteiger partial charge on any atom is 0.213 e. The van der Waals surface area contributed by atoms with Gasteiger partial charge in [0, 0.05) is 11.4 Å². The Bertz CT molecular complexity index is 456. The first-order chi connectivity index (χ1) is 7.29. The molecule has 0 fully saturated rings. The molecule has 0 radical (unpaired) electrons. The Morgan fingerprint density at radius 3 is 2.53 bits per heavy atom. The maximum absolute atomic E-state index is 13.1. The molecule has 0 saturated carbocycles. The summed E-state index contributed by atoms with van der Waals surface area (Å²) in [5.41, 5.74) is 2.25. The van der Waals surface area contributed by atoms with E-state index in [1.54, 1.807) is 6.07 Å². The van der Waals surface area contributed by atoms with Crippen molar-refractivity contribution in [3.05, 3.63) is 54.0 Å². The van der Waals surface area contributed by atoms with Crippen LogP contribution in [0.2, 0.25) is 0 Å². The number of hydrogen-bond donors (Lipinski definition) is 0. The van der Waals surface area contributed by atoms with Crippen LogP contribution in [0.1, 0.15) is 5.56 Å². The molecule has 0 amide bonds. The van der Waals surface area contributed by atoms with E-state index in [2.05, 4.69) is 4.98 Å². The van der Waals surface area contributed by atoms with Crippen LogP contribution < -0.4 is 0 Å². The predicted molar refractivity (Wildman–Crippen MR) is 59.2 cm³/mol. The molecule has 1 heterocycles. The second-order valence-corrected chi connectivity index (χ2v) is 3.45. The van der Waals surface area contributed by atoms with E-state index in [1.807, 2.05) is 30.3 Å². The fourth-order valence-corrected chi connectivity index (χ4v) is 1.54. The molecule has 1 aromatic heterocycles. The van der Waals surface area contributed by atoms with Gasteiger partial charge in [-0.05, 0) is 17.7 Å². The van der Waals surface area contributed by atoms with E-state index in [-0.39, 0.29) is 0 Å². The summed E-state index contributed by atoms with van der Waals surface area (Å²) in [7, 11) is 0. The van der Waals surface area contributed by atoms with Crippen LogP contribution in [-0.4, -0.2) is 4.98 Å². The van der Waals surface area contributed by atoms with Gasteiger partial charge in [0.1, 0.15) is 0 Å². The van der Waals surface area contributed by atoms with E-state index in [0.29, 0.717) is 11.6 Å². The van der Waals surface area contributed by atoms with Crippen molar-refractivity contribution >= 4 is 11.6 Å². The van der Waals surface area contributed by atoms with Gasteiger partial charge in [0.2, 0.25) is 5.95 Å². The molecule has 0 saturated heterocycles. The molecule has 2 rings (SSSR count). The summed E-state index contributed by atoms with van der Waals surface area (Å²) in [6.07, 6.45) is 0. The average molecular weight is 222 g/mol. The molecule has 0 spiro atoms. The predicted octanol–water partition coefficient (Wildman–Crippen LogP) is 3.63. The topological polar surface area (TPSA) is 12.9 Å². The third kappa shape index (κ3) is 2.34. The molecule has 3 heteroatoms. The first-order valence-corrected chi connectivity index (χ1v) is 5.11. The van der Waals surface area contributed by atoms with E-state index in [9.17, 15) is 4.39 Å². The molecule has 0 N–H and O–H groups in total. The van der Waals surface area contributed by atoms with Gasteiger partial charge in [-0.2, -0.15) is 4.39 Å². The molecular weight excluding hydrogens is 213 g/mol. The van der Waals surface area contributed by atoms with Crippen LogP contribution in [0.5, 0.6) is 0 Å². The van der Waals surface area contributed by atoms with Gasteiger partial charge in [0.25, 0.3) is 0 Å². The number of pyridine rings is 1. The fourth-order valence-electron chi connectivity index (χ4n) is 1.38. The molecule has 15 heavy (non-hydrogen) atoms. The standard InChI is InChI=1S/C12H9ClFN/c13-8-9-6-11(15-12(14)7-9)10-4-2-1-3-5-10/h1-7H,8H2. The highest BCUT2D eigenvalue weighted by molar-refractivity contribution is 6.17. The molecule has 0 atom stereocenters. The molecule has 0 unspecified atom stereocenters. The van der Waals surface area contributed by atoms with E-state index < -0.39 is 5.95 Å². The van der Waals surface area contributed by atoms with Crippen molar-refractivity contribution < 1.29 is 4.39 Å². The van der Waals surface area contributed by atoms with E-state index in [1.165, 1.54) is 6.07 Å². The Hall–Kier alpha value is -1.41. The van der Waals surface area contributed by atoms with E-state index >= 15 is 0 Å². The first kappa shape index (κ1) is 10.1. The van der Waals surface area contributed by atoms with Crippen LogP contribution in [0.3, 0.4) is 0 Å². The Balaban J connectivity index is 2.49. The third-order valence-corrected chi connectivity index (χ3v) is 2.39. The van der Waals surface area contributed by atoms with Crippen LogP contribution >= 0.6 is 11.6 Å². The quantitative estimate of drug-likeness (QED) is 0.558. The Morgan fingerprint density at radius 2 is 1.87 bits per heavy atom. The van der Waals surface area contributed by atoms with Gasteiger partial charge < -0.3 is 0 Å². The number of alkyl halides is 1. The summed E-state index contributed by atoms with van der Waals surface area (Å²) in [5.74, 6) is -0.203. The highest BCUT2D eigenvalue weighted by atomic mass is 35.5. The summed E-state index contributed by atoms with van der Waals surface area (Å²) in [6, 6.07) is 12.6. The number of halogens is 2. The number of aromatic nitrogens is 1. The van der Waals surface area contributed by atoms with E-state index in [4.69, 9.17) is 11.6 Å². The second kappa shape index (κ2) is 4.41. The highest BCUT2D eigenvalue weighted by Gasteiger charge is 2.03. The number of benzene rings is 1. The maximum atomic E-state index is 13.1. The monoisotopic (exact) mass is 221 g/mol. The lowest BCUT2D eigenvalue weighted by Gasteiger charge is -2.02. The second-order valence-electron chi connectivity index (χ2n) is 3.18. The summed E-state index contributed by atoms with van der Waals surface area (Å²) >= 11 is 5.66. The Morgan fingerprint density at radius 1 is 1.13 bits per heavy atom.